The minimum Gasteiger partial charge on any atom is -0.314 e. The number of likely N-dealkylation sites (N-methyl/N-ethyl adjacent to an activating group) is 1. The van der Waals surface area contributed by atoms with Crippen molar-refractivity contribution in [2.24, 2.45) is 7.05 Å². The van der Waals surface area contributed by atoms with Crippen molar-refractivity contribution in [1.82, 2.24) is 20.1 Å². The molecule has 1 atom stereocenters. The predicted octanol–water partition coefficient (Wildman–Crippen LogP) is 2.34. The number of hydrogen-bond acceptors (Lipinski definition) is 4. The molecule has 0 bridgehead atoms. The molecular formula is C14H22N4S. The van der Waals surface area contributed by atoms with Crippen LogP contribution in [-0.2, 0) is 19.9 Å². The molecule has 1 N–H and O–H groups in total. The molecule has 2 heterocycles. The molecule has 0 saturated heterocycles. The molecule has 1 unspecified atom stereocenters. The van der Waals surface area contributed by atoms with Gasteiger partial charge in [0.05, 0.1) is 10.7 Å². The Morgan fingerprint density at radius 1 is 1.47 bits per heavy atom. The van der Waals surface area contributed by atoms with Crippen LogP contribution in [0.1, 0.15) is 29.7 Å². The van der Waals surface area contributed by atoms with Crippen LogP contribution in [0.15, 0.2) is 17.6 Å². The highest BCUT2D eigenvalue weighted by Crippen LogP contribution is 2.13. The van der Waals surface area contributed by atoms with Gasteiger partial charge in [0, 0.05) is 36.8 Å². The van der Waals surface area contributed by atoms with Crippen LogP contribution in [0, 0.1) is 6.92 Å². The van der Waals surface area contributed by atoms with Crippen LogP contribution in [0.2, 0.25) is 0 Å². The normalized spacial score (nSPS) is 12.8. The van der Waals surface area contributed by atoms with Crippen molar-refractivity contribution < 1.29 is 0 Å². The van der Waals surface area contributed by atoms with E-state index in [0.717, 1.165) is 30.8 Å². The molecule has 5 heteroatoms. The second kappa shape index (κ2) is 6.82. The fourth-order valence-corrected chi connectivity index (χ4v) is 2.91. The van der Waals surface area contributed by atoms with E-state index in [4.69, 9.17) is 0 Å². The van der Waals surface area contributed by atoms with E-state index in [9.17, 15) is 0 Å². The quantitative estimate of drug-likeness (QED) is 0.845. The topological polar surface area (TPSA) is 42.7 Å². The molecule has 19 heavy (non-hydrogen) atoms. The molecule has 104 valence electrons. The van der Waals surface area contributed by atoms with Gasteiger partial charge in [0.1, 0.15) is 0 Å². The molecule has 0 aromatic carbocycles. The molecular weight excluding hydrogens is 256 g/mol. The summed E-state index contributed by atoms with van der Waals surface area (Å²) in [4.78, 5) is 4.56. The van der Waals surface area contributed by atoms with Gasteiger partial charge in [-0.25, -0.2) is 4.98 Å². The maximum Gasteiger partial charge on any atom is 0.0897 e. The van der Waals surface area contributed by atoms with Gasteiger partial charge in [0.2, 0.25) is 0 Å². The summed E-state index contributed by atoms with van der Waals surface area (Å²) in [6.07, 6.45) is 5.04. The lowest BCUT2D eigenvalue weighted by Gasteiger charge is -2.16. The zero-order valence-electron chi connectivity index (χ0n) is 11.9. The molecule has 4 nitrogen and oxygen atoms in total. The second-order valence-corrected chi connectivity index (χ2v) is 5.86. The number of hydrogen-bond donors (Lipinski definition) is 1. The van der Waals surface area contributed by atoms with Gasteiger partial charge in [-0.1, -0.05) is 6.92 Å². The molecule has 2 aromatic heterocycles. The summed E-state index contributed by atoms with van der Waals surface area (Å²) in [5.74, 6) is 0. The third-order valence-corrected chi connectivity index (χ3v) is 4.11. The van der Waals surface area contributed by atoms with Gasteiger partial charge >= 0.3 is 0 Å². The van der Waals surface area contributed by atoms with Gasteiger partial charge in [0.15, 0.2) is 0 Å². The maximum absolute atomic E-state index is 4.56. The molecule has 2 rings (SSSR count). The average molecular weight is 278 g/mol. The lowest BCUT2D eigenvalue weighted by atomic mass is 10.0. The van der Waals surface area contributed by atoms with Crippen molar-refractivity contribution in [3.05, 3.63) is 34.0 Å². The van der Waals surface area contributed by atoms with Crippen LogP contribution in [-0.4, -0.2) is 27.4 Å². The van der Waals surface area contributed by atoms with Crippen LogP contribution in [0.5, 0.6) is 0 Å². The number of thiazole rings is 1. The lowest BCUT2D eigenvalue weighted by molar-refractivity contribution is 0.480. The Kier molecular flexibility index (Phi) is 5.10. The first-order valence-electron chi connectivity index (χ1n) is 6.80. The number of aryl methyl sites for hydroxylation is 3. The minimum atomic E-state index is 0.487. The maximum atomic E-state index is 4.56. The molecule has 0 saturated carbocycles. The van der Waals surface area contributed by atoms with Crippen molar-refractivity contribution in [3.63, 3.8) is 0 Å². The Morgan fingerprint density at radius 2 is 2.32 bits per heavy atom. The fraction of sp³-hybridized carbons (Fsp3) is 0.571. The summed E-state index contributed by atoms with van der Waals surface area (Å²) in [5, 5.41) is 11.1. The summed E-state index contributed by atoms with van der Waals surface area (Å²) in [6, 6.07) is 2.58. The first kappa shape index (κ1) is 14.2. The van der Waals surface area contributed by atoms with E-state index in [1.807, 2.05) is 17.9 Å². The highest BCUT2D eigenvalue weighted by molar-refractivity contribution is 7.09. The predicted molar refractivity (Wildman–Crippen MR) is 79.5 cm³/mol. The van der Waals surface area contributed by atoms with Gasteiger partial charge in [-0.3, -0.25) is 4.68 Å². The monoisotopic (exact) mass is 278 g/mol. The van der Waals surface area contributed by atoms with Crippen molar-refractivity contribution in [2.45, 2.75) is 39.2 Å². The van der Waals surface area contributed by atoms with Gasteiger partial charge < -0.3 is 5.32 Å². The van der Waals surface area contributed by atoms with Gasteiger partial charge in [-0.2, -0.15) is 5.10 Å². The SMILES string of the molecule is CCNC(CCc1ccnn1C)Cc1csc(C)n1. The second-order valence-electron chi connectivity index (χ2n) is 4.80. The van der Waals surface area contributed by atoms with Crippen LogP contribution in [0.3, 0.4) is 0 Å². The molecule has 0 aliphatic carbocycles. The van der Waals surface area contributed by atoms with E-state index in [0.29, 0.717) is 6.04 Å². The number of aromatic nitrogens is 3. The Morgan fingerprint density at radius 3 is 2.89 bits per heavy atom. The standard InChI is InChI=1S/C14H22N4S/c1-4-15-12(9-13-10-19-11(2)17-13)5-6-14-7-8-16-18(14)3/h7-8,10,12,15H,4-6,9H2,1-3H3. The highest BCUT2D eigenvalue weighted by atomic mass is 32.1. The summed E-state index contributed by atoms with van der Waals surface area (Å²) < 4.78 is 1.95. The van der Waals surface area contributed by atoms with E-state index in [1.165, 1.54) is 11.4 Å². The van der Waals surface area contributed by atoms with Crippen molar-refractivity contribution in [1.29, 1.82) is 0 Å². The third kappa shape index (κ3) is 4.14. The Bertz CT molecular complexity index is 503. The van der Waals surface area contributed by atoms with E-state index >= 15 is 0 Å². The zero-order chi connectivity index (χ0) is 13.7. The van der Waals surface area contributed by atoms with Gasteiger partial charge in [0.25, 0.3) is 0 Å². The summed E-state index contributed by atoms with van der Waals surface area (Å²) in [7, 11) is 2.00. The van der Waals surface area contributed by atoms with Crippen LogP contribution >= 0.6 is 11.3 Å². The summed E-state index contributed by atoms with van der Waals surface area (Å²) in [6.45, 7) is 5.22. The molecule has 0 aliphatic heterocycles. The van der Waals surface area contributed by atoms with Crippen LogP contribution in [0.25, 0.3) is 0 Å². The molecule has 0 spiro atoms. The summed E-state index contributed by atoms with van der Waals surface area (Å²) in [5.41, 5.74) is 2.50. The zero-order valence-corrected chi connectivity index (χ0v) is 12.7. The van der Waals surface area contributed by atoms with E-state index in [2.05, 4.69) is 40.7 Å². The Hall–Kier alpha value is -1.20. The highest BCUT2D eigenvalue weighted by Gasteiger charge is 2.11. The van der Waals surface area contributed by atoms with Crippen molar-refractivity contribution in [3.8, 4) is 0 Å². The van der Waals surface area contributed by atoms with Gasteiger partial charge in [-0.05, 0) is 32.4 Å². The third-order valence-electron chi connectivity index (χ3n) is 3.29. The van der Waals surface area contributed by atoms with Crippen molar-refractivity contribution in [2.75, 3.05) is 6.54 Å². The van der Waals surface area contributed by atoms with E-state index < -0.39 is 0 Å². The molecule has 0 aliphatic rings. The van der Waals surface area contributed by atoms with E-state index in [1.54, 1.807) is 11.3 Å². The van der Waals surface area contributed by atoms with E-state index in [-0.39, 0.29) is 0 Å². The Balaban J connectivity index is 1.90. The molecule has 0 amide bonds. The average Bonchev–Trinajstić information content (AvgIpc) is 2.96. The first-order valence-corrected chi connectivity index (χ1v) is 7.68. The lowest BCUT2D eigenvalue weighted by Crippen LogP contribution is -2.31. The number of nitrogens with zero attached hydrogens (tertiary/aromatic N) is 3. The molecule has 0 radical (unpaired) electrons. The largest absolute Gasteiger partial charge is 0.314 e. The number of rotatable bonds is 7. The van der Waals surface area contributed by atoms with Gasteiger partial charge in [-0.15, -0.1) is 11.3 Å². The first-order chi connectivity index (χ1) is 9.19. The Labute approximate surface area is 118 Å². The molecule has 0 fully saturated rings. The minimum absolute atomic E-state index is 0.487. The molecule has 2 aromatic rings. The fourth-order valence-electron chi connectivity index (χ4n) is 2.29. The van der Waals surface area contributed by atoms with Crippen molar-refractivity contribution >= 4 is 11.3 Å². The number of nitrogens with one attached hydrogen (secondary N) is 1. The smallest absolute Gasteiger partial charge is 0.0897 e. The summed E-state index contributed by atoms with van der Waals surface area (Å²) >= 11 is 1.73. The van der Waals surface area contributed by atoms with Crippen LogP contribution in [0.4, 0.5) is 0 Å². The van der Waals surface area contributed by atoms with Crippen LogP contribution < -0.4 is 5.32 Å².